The summed E-state index contributed by atoms with van der Waals surface area (Å²) in [4.78, 5) is 0. The highest BCUT2D eigenvalue weighted by Crippen LogP contribution is 2.25. The molecule has 0 fully saturated rings. The van der Waals surface area contributed by atoms with Crippen molar-refractivity contribution in [3.63, 3.8) is 0 Å². The Hall–Kier alpha value is -2.67. The topological polar surface area (TPSA) is 76.3 Å². The van der Waals surface area contributed by atoms with E-state index < -0.39 is 0 Å². The first-order valence-electron chi connectivity index (χ1n) is 5.44. The third-order valence-corrected chi connectivity index (χ3v) is 2.57. The van der Waals surface area contributed by atoms with E-state index in [9.17, 15) is 10.2 Å². The maximum atomic E-state index is 9.37. The number of aromatic hydroxyl groups is 2. The number of hydrogen-bond donors (Lipinski definition) is 3. The Kier molecular flexibility index (Phi) is 3.35. The van der Waals surface area contributed by atoms with Crippen LogP contribution in [0.15, 0.2) is 42.5 Å². The van der Waals surface area contributed by atoms with Crippen molar-refractivity contribution in [3.05, 3.63) is 53.6 Å². The summed E-state index contributed by atoms with van der Waals surface area (Å²) in [6.07, 6.45) is 0. The molecule has 3 N–H and O–H groups in total. The monoisotopic (exact) mass is 240 g/mol. The highest BCUT2D eigenvalue weighted by Gasteiger charge is 2.02. The van der Waals surface area contributed by atoms with Crippen molar-refractivity contribution in [2.75, 3.05) is 5.32 Å². The normalized spacial score (nSPS) is 9.72. The Labute approximate surface area is 105 Å². The minimum atomic E-state index is -0.150. The molecule has 90 valence electrons. The summed E-state index contributed by atoms with van der Waals surface area (Å²) in [5, 5.41) is 30.6. The third-order valence-electron chi connectivity index (χ3n) is 2.57. The zero-order valence-electron chi connectivity index (χ0n) is 9.59. The number of para-hydroxylation sites is 1. The molecule has 0 bridgehead atoms. The molecule has 0 aliphatic heterocycles. The van der Waals surface area contributed by atoms with Crippen molar-refractivity contribution in [2.45, 2.75) is 6.54 Å². The molecule has 0 radical (unpaired) electrons. The second-order valence-corrected chi connectivity index (χ2v) is 3.83. The molecule has 0 atom stereocenters. The van der Waals surface area contributed by atoms with Gasteiger partial charge in [0.15, 0.2) is 11.5 Å². The second kappa shape index (κ2) is 5.11. The number of rotatable bonds is 3. The van der Waals surface area contributed by atoms with Gasteiger partial charge in [-0.3, -0.25) is 0 Å². The number of nitriles is 1. The van der Waals surface area contributed by atoms with E-state index in [1.807, 2.05) is 12.1 Å². The minimum Gasteiger partial charge on any atom is -0.504 e. The van der Waals surface area contributed by atoms with E-state index in [0.29, 0.717) is 12.1 Å². The molecule has 0 saturated heterocycles. The molecular weight excluding hydrogens is 228 g/mol. The first-order chi connectivity index (χ1) is 8.70. The average Bonchev–Trinajstić information content (AvgIpc) is 2.40. The Bertz CT molecular complexity index is 603. The fourth-order valence-electron chi connectivity index (χ4n) is 1.61. The van der Waals surface area contributed by atoms with Gasteiger partial charge in [-0.25, -0.2) is 0 Å². The van der Waals surface area contributed by atoms with E-state index in [1.54, 1.807) is 18.2 Å². The van der Waals surface area contributed by atoms with Crippen LogP contribution in [0.25, 0.3) is 0 Å². The van der Waals surface area contributed by atoms with Crippen LogP contribution < -0.4 is 5.32 Å². The summed E-state index contributed by atoms with van der Waals surface area (Å²) in [5.41, 5.74) is 2.13. The Morgan fingerprint density at radius 1 is 1.06 bits per heavy atom. The van der Waals surface area contributed by atoms with E-state index in [1.165, 1.54) is 12.1 Å². The van der Waals surface area contributed by atoms with E-state index in [4.69, 9.17) is 5.26 Å². The molecule has 0 unspecified atom stereocenters. The lowest BCUT2D eigenvalue weighted by Gasteiger charge is -2.08. The molecule has 0 aliphatic carbocycles. The number of nitrogens with zero attached hydrogens (tertiary/aromatic N) is 1. The van der Waals surface area contributed by atoms with Crippen molar-refractivity contribution in [3.8, 4) is 17.6 Å². The van der Waals surface area contributed by atoms with Gasteiger partial charge in [0.1, 0.15) is 6.07 Å². The number of nitrogens with one attached hydrogen (secondary N) is 1. The molecule has 0 heterocycles. The average molecular weight is 240 g/mol. The summed E-state index contributed by atoms with van der Waals surface area (Å²) in [5.74, 6) is -0.293. The lowest BCUT2D eigenvalue weighted by Crippen LogP contribution is -2.00. The molecule has 0 aromatic heterocycles. The fourth-order valence-corrected chi connectivity index (χ4v) is 1.61. The minimum absolute atomic E-state index is 0.142. The Balaban J connectivity index is 2.12. The zero-order chi connectivity index (χ0) is 13.0. The Morgan fingerprint density at radius 3 is 2.56 bits per heavy atom. The number of anilines is 1. The van der Waals surface area contributed by atoms with E-state index in [2.05, 4.69) is 11.4 Å². The Morgan fingerprint density at radius 2 is 1.83 bits per heavy atom. The number of phenolic OH excluding ortho intramolecular Hbond substituents is 2. The molecule has 4 nitrogen and oxygen atoms in total. The summed E-state index contributed by atoms with van der Waals surface area (Å²) < 4.78 is 0. The quantitative estimate of drug-likeness (QED) is 0.721. The van der Waals surface area contributed by atoms with Crippen molar-refractivity contribution in [2.24, 2.45) is 0 Å². The first-order valence-corrected chi connectivity index (χ1v) is 5.44. The van der Waals surface area contributed by atoms with Gasteiger partial charge in [-0.2, -0.15) is 5.26 Å². The SMILES string of the molecule is N#Cc1ccccc1NCc1ccc(O)c(O)c1. The van der Waals surface area contributed by atoms with Crippen LogP contribution in [-0.4, -0.2) is 10.2 Å². The molecular formula is C14H12N2O2. The van der Waals surface area contributed by atoms with E-state index in [-0.39, 0.29) is 11.5 Å². The second-order valence-electron chi connectivity index (χ2n) is 3.83. The van der Waals surface area contributed by atoms with Crippen molar-refractivity contribution in [1.82, 2.24) is 0 Å². The van der Waals surface area contributed by atoms with Crippen LogP contribution in [-0.2, 0) is 6.54 Å². The standard InChI is InChI=1S/C14H12N2O2/c15-8-11-3-1-2-4-12(11)16-9-10-5-6-13(17)14(18)7-10/h1-7,16-18H,9H2. The molecule has 0 saturated carbocycles. The van der Waals surface area contributed by atoms with Crippen LogP contribution >= 0.6 is 0 Å². The van der Waals surface area contributed by atoms with Crippen molar-refractivity contribution < 1.29 is 10.2 Å². The highest BCUT2D eigenvalue weighted by atomic mass is 16.3. The van der Waals surface area contributed by atoms with Gasteiger partial charge in [-0.15, -0.1) is 0 Å². The predicted molar refractivity (Wildman–Crippen MR) is 68.3 cm³/mol. The van der Waals surface area contributed by atoms with E-state index >= 15 is 0 Å². The largest absolute Gasteiger partial charge is 0.504 e. The van der Waals surface area contributed by atoms with Gasteiger partial charge in [0.25, 0.3) is 0 Å². The number of hydrogen-bond acceptors (Lipinski definition) is 4. The third kappa shape index (κ3) is 2.53. The van der Waals surface area contributed by atoms with Gasteiger partial charge < -0.3 is 15.5 Å². The van der Waals surface area contributed by atoms with E-state index in [0.717, 1.165) is 11.3 Å². The van der Waals surface area contributed by atoms with Gasteiger partial charge in [0, 0.05) is 6.54 Å². The van der Waals surface area contributed by atoms with Crippen LogP contribution in [0.3, 0.4) is 0 Å². The summed E-state index contributed by atoms with van der Waals surface area (Å²) in [7, 11) is 0. The molecule has 0 aliphatic rings. The zero-order valence-corrected chi connectivity index (χ0v) is 9.59. The lowest BCUT2D eigenvalue weighted by atomic mass is 10.1. The van der Waals surface area contributed by atoms with Crippen LogP contribution in [0.4, 0.5) is 5.69 Å². The van der Waals surface area contributed by atoms with Crippen LogP contribution in [0.5, 0.6) is 11.5 Å². The summed E-state index contributed by atoms with van der Waals surface area (Å²) in [6, 6.07) is 13.9. The lowest BCUT2D eigenvalue weighted by molar-refractivity contribution is 0.403. The maximum Gasteiger partial charge on any atom is 0.157 e. The molecule has 2 aromatic rings. The summed E-state index contributed by atoms with van der Waals surface area (Å²) >= 11 is 0. The van der Waals surface area contributed by atoms with Crippen LogP contribution in [0.1, 0.15) is 11.1 Å². The molecule has 2 aromatic carbocycles. The van der Waals surface area contributed by atoms with Gasteiger partial charge in [0.05, 0.1) is 11.3 Å². The van der Waals surface area contributed by atoms with Crippen molar-refractivity contribution in [1.29, 1.82) is 5.26 Å². The molecule has 18 heavy (non-hydrogen) atoms. The molecule has 4 heteroatoms. The fraction of sp³-hybridized carbons (Fsp3) is 0.0714. The smallest absolute Gasteiger partial charge is 0.157 e. The predicted octanol–water partition coefficient (Wildman–Crippen LogP) is 2.58. The highest BCUT2D eigenvalue weighted by molar-refractivity contribution is 5.57. The van der Waals surface area contributed by atoms with Crippen molar-refractivity contribution >= 4 is 5.69 Å². The molecule has 0 spiro atoms. The van der Waals surface area contributed by atoms with Gasteiger partial charge in [0.2, 0.25) is 0 Å². The number of benzene rings is 2. The molecule has 0 amide bonds. The van der Waals surface area contributed by atoms with Crippen LogP contribution in [0, 0.1) is 11.3 Å². The maximum absolute atomic E-state index is 9.37. The first kappa shape index (κ1) is 11.8. The van der Waals surface area contributed by atoms with Gasteiger partial charge in [-0.05, 0) is 29.8 Å². The number of phenols is 2. The van der Waals surface area contributed by atoms with Crippen LogP contribution in [0.2, 0.25) is 0 Å². The van der Waals surface area contributed by atoms with Gasteiger partial charge >= 0.3 is 0 Å². The summed E-state index contributed by atoms with van der Waals surface area (Å²) in [6.45, 7) is 0.465. The molecule has 2 rings (SSSR count). The van der Waals surface area contributed by atoms with Gasteiger partial charge in [-0.1, -0.05) is 18.2 Å².